The molecule has 0 unspecified atom stereocenters. The highest BCUT2D eigenvalue weighted by atomic mass is 32.2. The van der Waals surface area contributed by atoms with Crippen LogP contribution in [0.1, 0.15) is 40.0 Å². The Bertz CT molecular complexity index is 819. The van der Waals surface area contributed by atoms with Gasteiger partial charge in [0.25, 0.3) is 0 Å². The molecule has 0 fully saturated rings. The third-order valence-electron chi connectivity index (χ3n) is 4.70. The highest BCUT2D eigenvalue weighted by Crippen LogP contribution is 2.46. The first-order valence-electron chi connectivity index (χ1n) is 11.3. The van der Waals surface area contributed by atoms with Crippen LogP contribution in [0.5, 0.6) is 0 Å². The quantitative estimate of drug-likeness (QED) is 0.244. The van der Waals surface area contributed by atoms with E-state index in [2.05, 4.69) is 98.5 Å². The van der Waals surface area contributed by atoms with Gasteiger partial charge in [0.2, 0.25) is 0 Å². The lowest BCUT2D eigenvalue weighted by molar-refractivity contribution is 1.09. The van der Waals surface area contributed by atoms with E-state index in [1.807, 2.05) is 35.3 Å². The van der Waals surface area contributed by atoms with Gasteiger partial charge in [0.15, 0.2) is 0 Å². The van der Waals surface area contributed by atoms with Crippen LogP contribution in [-0.4, -0.2) is 17.3 Å². The summed E-state index contributed by atoms with van der Waals surface area (Å²) in [4.78, 5) is 6.52. The summed E-state index contributed by atoms with van der Waals surface area (Å²) in [6, 6.07) is 26.6. The molecular weight excluding hydrogens is 435 g/mol. The first-order chi connectivity index (χ1) is 15.3. The van der Waals surface area contributed by atoms with Crippen molar-refractivity contribution in [1.29, 1.82) is 0 Å². The Balaban J connectivity index is 2.18. The third-order valence-corrected chi connectivity index (χ3v) is 8.51. The third kappa shape index (κ3) is 6.50. The van der Waals surface area contributed by atoms with E-state index in [0.29, 0.717) is 0 Å². The van der Waals surface area contributed by atoms with E-state index in [-0.39, 0.29) is 0 Å². The maximum atomic E-state index is 2.49. The van der Waals surface area contributed by atoms with Gasteiger partial charge in [-0.25, -0.2) is 0 Å². The average Bonchev–Trinajstić information content (AvgIpc) is 2.82. The topological polar surface area (TPSA) is 3.24 Å². The zero-order valence-corrected chi connectivity index (χ0v) is 21.3. The van der Waals surface area contributed by atoms with Gasteiger partial charge in [0.05, 0.1) is 17.1 Å². The monoisotopic (exact) mass is 467 g/mol. The first kappa shape index (κ1) is 24.2. The molecule has 0 spiro atoms. The van der Waals surface area contributed by atoms with Crippen molar-refractivity contribution in [3.63, 3.8) is 0 Å². The van der Waals surface area contributed by atoms with Crippen molar-refractivity contribution in [3.05, 3.63) is 72.8 Å². The average molecular weight is 468 g/mol. The fourth-order valence-corrected chi connectivity index (χ4v) is 6.04. The van der Waals surface area contributed by atoms with Crippen LogP contribution in [0.3, 0.4) is 0 Å². The number of nitrogens with zero attached hydrogens (tertiary/aromatic N) is 1. The molecule has 0 atom stereocenters. The number of thioether (sulfide) groups is 3. The Morgan fingerprint density at radius 2 is 0.774 bits per heavy atom. The van der Waals surface area contributed by atoms with Crippen LogP contribution < -0.4 is 4.90 Å². The molecule has 0 heterocycles. The summed E-state index contributed by atoms with van der Waals surface area (Å²) >= 11 is 5.87. The molecule has 0 radical (unpaired) electrons. The predicted molar refractivity (Wildman–Crippen MR) is 144 cm³/mol. The second-order valence-corrected chi connectivity index (χ2v) is 10.7. The lowest BCUT2D eigenvalue weighted by Gasteiger charge is -2.30. The van der Waals surface area contributed by atoms with Crippen molar-refractivity contribution in [1.82, 2.24) is 0 Å². The number of hydrogen-bond acceptors (Lipinski definition) is 4. The molecule has 0 amide bonds. The van der Waals surface area contributed by atoms with Crippen LogP contribution >= 0.6 is 35.3 Å². The maximum absolute atomic E-state index is 2.49. The molecular formula is C27H33NS3. The smallest absolute Gasteiger partial charge is 0.0598 e. The first-order valence-corrected chi connectivity index (χ1v) is 14.2. The van der Waals surface area contributed by atoms with E-state index in [1.165, 1.54) is 51.0 Å². The van der Waals surface area contributed by atoms with E-state index in [9.17, 15) is 0 Å². The van der Waals surface area contributed by atoms with Crippen LogP contribution in [0.2, 0.25) is 0 Å². The van der Waals surface area contributed by atoms with Crippen molar-refractivity contribution in [3.8, 4) is 0 Å². The molecule has 164 valence electrons. The molecule has 3 aromatic carbocycles. The van der Waals surface area contributed by atoms with Crippen LogP contribution in [0, 0.1) is 0 Å². The Morgan fingerprint density at radius 3 is 1.06 bits per heavy atom. The minimum atomic E-state index is 1.13. The van der Waals surface area contributed by atoms with Gasteiger partial charge < -0.3 is 4.90 Å². The summed E-state index contributed by atoms with van der Waals surface area (Å²) < 4.78 is 0. The summed E-state index contributed by atoms with van der Waals surface area (Å²) in [7, 11) is 0. The standard InChI is InChI=1S/C27H33NS3/c1-4-19-29-25-16-10-7-13-22(25)28(23-14-8-11-17-26(23)30-20-5-2)24-15-9-12-18-27(24)31-21-6-3/h7-18H,4-6,19-21H2,1-3H3. The van der Waals surface area contributed by atoms with E-state index >= 15 is 0 Å². The highest BCUT2D eigenvalue weighted by molar-refractivity contribution is 8.00. The largest absolute Gasteiger partial charge is 0.307 e. The maximum Gasteiger partial charge on any atom is 0.0598 e. The zero-order chi connectivity index (χ0) is 21.9. The van der Waals surface area contributed by atoms with Crippen LogP contribution in [0.4, 0.5) is 17.1 Å². The number of para-hydroxylation sites is 3. The Labute approximate surface area is 201 Å². The number of hydrogen-bond donors (Lipinski definition) is 0. The molecule has 0 bridgehead atoms. The predicted octanol–water partition coefficient (Wildman–Crippen LogP) is 9.66. The molecule has 0 aliphatic heterocycles. The fraction of sp³-hybridized carbons (Fsp3) is 0.333. The summed E-state index contributed by atoms with van der Waals surface area (Å²) in [5.41, 5.74) is 3.82. The number of rotatable bonds is 12. The van der Waals surface area contributed by atoms with Gasteiger partial charge in [-0.3, -0.25) is 0 Å². The fourth-order valence-electron chi connectivity index (χ4n) is 3.32. The number of benzene rings is 3. The van der Waals surface area contributed by atoms with Gasteiger partial charge in [-0.2, -0.15) is 0 Å². The van der Waals surface area contributed by atoms with E-state index in [1.54, 1.807) is 0 Å². The van der Waals surface area contributed by atoms with Gasteiger partial charge in [-0.1, -0.05) is 57.2 Å². The minimum Gasteiger partial charge on any atom is -0.307 e. The second-order valence-electron chi connectivity index (χ2n) is 7.28. The summed E-state index contributed by atoms with van der Waals surface area (Å²) in [5, 5.41) is 0. The lowest BCUT2D eigenvalue weighted by Crippen LogP contribution is -2.13. The van der Waals surface area contributed by atoms with Gasteiger partial charge >= 0.3 is 0 Å². The summed E-state index contributed by atoms with van der Waals surface area (Å²) in [6.07, 6.45) is 3.51. The molecule has 1 nitrogen and oxygen atoms in total. The molecule has 3 rings (SSSR count). The van der Waals surface area contributed by atoms with Crippen LogP contribution in [-0.2, 0) is 0 Å². The summed E-state index contributed by atoms with van der Waals surface area (Å²) in [6.45, 7) is 6.75. The van der Waals surface area contributed by atoms with Crippen molar-refractivity contribution >= 4 is 52.3 Å². The second kappa shape index (κ2) is 13.1. The van der Waals surface area contributed by atoms with E-state index in [0.717, 1.165) is 17.3 Å². The van der Waals surface area contributed by atoms with Gasteiger partial charge in [-0.05, 0) is 72.9 Å². The molecule has 3 aromatic rings. The molecule has 4 heteroatoms. The molecule has 31 heavy (non-hydrogen) atoms. The molecule has 0 aliphatic rings. The van der Waals surface area contributed by atoms with Crippen molar-refractivity contribution < 1.29 is 0 Å². The van der Waals surface area contributed by atoms with Gasteiger partial charge in [0.1, 0.15) is 0 Å². The highest BCUT2D eigenvalue weighted by Gasteiger charge is 2.21. The minimum absolute atomic E-state index is 1.13. The molecule has 0 aliphatic carbocycles. The normalized spacial score (nSPS) is 10.9. The Morgan fingerprint density at radius 1 is 0.484 bits per heavy atom. The van der Waals surface area contributed by atoms with Crippen molar-refractivity contribution in [2.24, 2.45) is 0 Å². The molecule has 0 saturated carbocycles. The molecule has 0 saturated heterocycles. The van der Waals surface area contributed by atoms with E-state index < -0.39 is 0 Å². The van der Waals surface area contributed by atoms with Crippen LogP contribution in [0.15, 0.2) is 87.5 Å². The zero-order valence-electron chi connectivity index (χ0n) is 18.8. The molecule has 0 N–H and O–H groups in total. The van der Waals surface area contributed by atoms with Gasteiger partial charge in [-0.15, -0.1) is 35.3 Å². The van der Waals surface area contributed by atoms with Gasteiger partial charge in [0, 0.05) is 14.7 Å². The van der Waals surface area contributed by atoms with Crippen molar-refractivity contribution in [2.45, 2.75) is 54.7 Å². The van der Waals surface area contributed by atoms with E-state index in [4.69, 9.17) is 0 Å². The molecule has 0 aromatic heterocycles. The SMILES string of the molecule is CCCSc1ccccc1N(c1ccccc1SCCC)c1ccccc1SCCC. The summed E-state index contributed by atoms with van der Waals surface area (Å²) in [5.74, 6) is 3.38. The lowest BCUT2D eigenvalue weighted by atomic mass is 10.2. The van der Waals surface area contributed by atoms with Crippen LogP contribution in [0.25, 0.3) is 0 Å². The van der Waals surface area contributed by atoms with Crippen molar-refractivity contribution in [2.75, 3.05) is 22.2 Å². The Hall–Kier alpha value is -1.49. The Kier molecular flexibility index (Phi) is 10.2. The number of anilines is 3.